The Balaban J connectivity index is 2.57. The van der Waals surface area contributed by atoms with E-state index in [9.17, 15) is 10.1 Å². The maximum atomic E-state index is 10.8. The van der Waals surface area contributed by atoms with Crippen molar-refractivity contribution in [3.05, 3.63) is 33.9 Å². The number of hydrogen-bond donors (Lipinski definition) is 1. The molecule has 1 atom stereocenters. The first-order chi connectivity index (χ1) is 8.56. The summed E-state index contributed by atoms with van der Waals surface area (Å²) < 4.78 is 5.62. The summed E-state index contributed by atoms with van der Waals surface area (Å²) >= 11 is 4.19. The molecule has 0 saturated carbocycles. The average Bonchev–Trinajstić information content (AvgIpc) is 2.31. The Morgan fingerprint density at radius 3 is 2.78 bits per heavy atom. The monoisotopic (exact) mass is 269 g/mol. The summed E-state index contributed by atoms with van der Waals surface area (Å²) in [5, 5.41) is 10.8. The van der Waals surface area contributed by atoms with Gasteiger partial charge in [0.15, 0.2) is 0 Å². The topological polar surface area (TPSA) is 52.4 Å². The zero-order valence-electron chi connectivity index (χ0n) is 10.8. The zero-order chi connectivity index (χ0) is 13.5. The van der Waals surface area contributed by atoms with Crippen LogP contribution in [0.5, 0.6) is 5.75 Å². The molecule has 100 valence electrons. The van der Waals surface area contributed by atoms with Crippen molar-refractivity contribution in [1.29, 1.82) is 0 Å². The fourth-order valence-electron chi connectivity index (χ4n) is 1.69. The summed E-state index contributed by atoms with van der Waals surface area (Å²) in [6, 6.07) is 4.91. The molecule has 0 aliphatic rings. The first kappa shape index (κ1) is 14.8. The van der Waals surface area contributed by atoms with E-state index in [-0.39, 0.29) is 10.6 Å². The van der Waals surface area contributed by atoms with Crippen molar-refractivity contribution in [1.82, 2.24) is 0 Å². The lowest BCUT2D eigenvalue weighted by atomic mass is 10.1. The van der Waals surface area contributed by atoms with Gasteiger partial charge in [0.2, 0.25) is 0 Å². The van der Waals surface area contributed by atoms with Crippen LogP contribution in [-0.4, -0.2) is 17.3 Å². The molecule has 4 nitrogen and oxygen atoms in total. The molecule has 0 aliphatic carbocycles. The smallest absolute Gasteiger partial charge is 0.276 e. The van der Waals surface area contributed by atoms with E-state index in [0.717, 1.165) is 18.6 Å². The highest BCUT2D eigenvalue weighted by molar-refractivity contribution is 7.80. The minimum Gasteiger partial charge on any atom is -0.493 e. The number of nitro groups is 1. The molecular weight excluding hydrogens is 250 g/mol. The molecule has 0 heterocycles. The molecule has 18 heavy (non-hydrogen) atoms. The first-order valence-corrected chi connectivity index (χ1v) is 6.67. The second kappa shape index (κ2) is 7.26. The summed E-state index contributed by atoms with van der Waals surface area (Å²) in [5.74, 6) is 2.03. The average molecular weight is 269 g/mol. The Morgan fingerprint density at radius 2 is 2.17 bits per heavy atom. The molecule has 5 heteroatoms. The van der Waals surface area contributed by atoms with Gasteiger partial charge in [0.1, 0.15) is 5.75 Å². The van der Waals surface area contributed by atoms with Crippen LogP contribution in [0.2, 0.25) is 0 Å². The van der Waals surface area contributed by atoms with Gasteiger partial charge in [-0.2, -0.15) is 12.6 Å². The molecule has 0 aliphatic heterocycles. The maximum absolute atomic E-state index is 10.8. The second-order valence-electron chi connectivity index (χ2n) is 4.41. The Hall–Kier alpha value is -1.23. The van der Waals surface area contributed by atoms with Crippen LogP contribution < -0.4 is 4.74 Å². The number of thiol groups is 1. The molecule has 1 aromatic rings. The van der Waals surface area contributed by atoms with Gasteiger partial charge in [-0.05, 0) is 37.5 Å². The minimum absolute atomic E-state index is 0.107. The van der Waals surface area contributed by atoms with Gasteiger partial charge >= 0.3 is 0 Å². The standard InChI is InChI=1S/C13H19NO3S/c1-10(7-9-18)6-8-17-13-5-3-4-12(11(13)2)14(15)16/h3-5,10,18H,6-9H2,1-2H3. The fraction of sp³-hybridized carbons (Fsp3) is 0.538. The quantitative estimate of drug-likeness (QED) is 0.467. The number of hydrogen-bond acceptors (Lipinski definition) is 4. The van der Waals surface area contributed by atoms with Crippen LogP contribution in [0.15, 0.2) is 18.2 Å². The molecule has 1 unspecified atom stereocenters. The molecule has 1 rings (SSSR count). The van der Waals surface area contributed by atoms with Gasteiger partial charge in [-0.25, -0.2) is 0 Å². The molecule has 0 saturated heterocycles. The summed E-state index contributed by atoms with van der Waals surface area (Å²) in [5.41, 5.74) is 0.695. The molecule has 0 amide bonds. The van der Waals surface area contributed by atoms with Crippen molar-refractivity contribution in [2.45, 2.75) is 26.7 Å². The summed E-state index contributed by atoms with van der Waals surface area (Å²) in [6.07, 6.45) is 1.99. The van der Waals surface area contributed by atoms with E-state index in [4.69, 9.17) is 4.74 Å². The van der Waals surface area contributed by atoms with E-state index in [1.54, 1.807) is 19.1 Å². The van der Waals surface area contributed by atoms with Crippen LogP contribution in [0.25, 0.3) is 0 Å². The van der Waals surface area contributed by atoms with E-state index < -0.39 is 0 Å². The molecule has 0 N–H and O–H groups in total. The SMILES string of the molecule is Cc1c(OCCC(C)CCS)cccc1[N+](=O)[O-]. The summed E-state index contributed by atoms with van der Waals surface area (Å²) in [7, 11) is 0. The Labute approximate surface area is 113 Å². The van der Waals surface area contributed by atoms with Crippen LogP contribution >= 0.6 is 12.6 Å². The number of nitro benzene ring substituents is 1. The molecule has 0 radical (unpaired) electrons. The highest BCUT2D eigenvalue weighted by Crippen LogP contribution is 2.27. The largest absolute Gasteiger partial charge is 0.493 e. The molecular formula is C13H19NO3S. The lowest BCUT2D eigenvalue weighted by Crippen LogP contribution is -2.06. The van der Waals surface area contributed by atoms with E-state index in [1.165, 1.54) is 6.07 Å². The van der Waals surface area contributed by atoms with Crippen molar-refractivity contribution >= 4 is 18.3 Å². The molecule has 0 spiro atoms. The van der Waals surface area contributed by atoms with Gasteiger partial charge in [0, 0.05) is 6.07 Å². The highest BCUT2D eigenvalue weighted by Gasteiger charge is 2.14. The zero-order valence-corrected chi connectivity index (χ0v) is 11.7. The predicted octanol–water partition coefficient (Wildman–Crippen LogP) is 3.63. The van der Waals surface area contributed by atoms with Gasteiger partial charge in [0.05, 0.1) is 17.1 Å². The summed E-state index contributed by atoms with van der Waals surface area (Å²) in [4.78, 5) is 10.4. The first-order valence-electron chi connectivity index (χ1n) is 6.04. The third-order valence-electron chi connectivity index (χ3n) is 2.94. The Bertz CT molecular complexity index is 409. The van der Waals surface area contributed by atoms with E-state index in [2.05, 4.69) is 19.6 Å². The van der Waals surface area contributed by atoms with Crippen LogP contribution in [0.3, 0.4) is 0 Å². The molecule has 0 bridgehead atoms. The van der Waals surface area contributed by atoms with Crippen molar-refractivity contribution in [3.8, 4) is 5.75 Å². The van der Waals surface area contributed by atoms with Crippen molar-refractivity contribution in [3.63, 3.8) is 0 Å². The van der Waals surface area contributed by atoms with Gasteiger partial charge in [-0.3, -0.25) is 10.1 Å². The number of ether oxygens (including phenoxy) is 1. The lowest BCUT2D eigenvalue weighted by Gasteiger charge is -2.12. The highest BCUT2D eigenvalue weighted by atomic mass is 32.1. The van der Waals surface area contributed by atoms with Crippen LogP contribution in [-0.2, 0) is 0 Å². The van der Waals surface area contributed by atoms with Crippen molar-refractivity contribution in [2.75, 3.05) is 12.4 Å². The maximum Gasteiger partial charge on any atom is 0.276 e. The van der Waals surface area contributed by atoms with Gasteiger partial charge in [0.25, 0.3) is 5.69 Å². The third-order valence-corrected chi connectivity index (χ3v) is 3.20. The van der Waals surface area contributed by atoms with E-state index in [1.807, 2.05) is 0 Å². The molecule has 1 aromatic carbocycles. The van der Waals surface area contributed by atoms with Crippen molar-refractivity contribution < 1.29 is 9.66 Å². The van der Waals surface area contributed by atoms with E-state index >= 15 is 0 Å². The fourth-order valence-corrected chi connectivity index (χ4v) is 2.13. The van der Waals surface area contributed by atoms with Crippen molar-refractivity contribution in [2.24, 2.45) is 5.92 Å². The van der Waals surface area contributed by atoms with Crippen LogP contribution in [0.4, 0.5) is 5.69 Å². The number of nitrogens with zero attached hydrogens (tertiary/aromatic N) is 1. The Morgan fingerprint density at radius 1 is 1.44 bits per heavy atom. The van der Waals surface area contributed by atoms with Gasteiger partial charge in [-0.15, -0.1) is 0 Å². The number of benzene rings is 1. The number of rotatable bonds is 7. The van der Waals surface area contributed by atoms with Gasteiger partial charge in [-0.1, -0.05) is 13.0 Å². The molecule has 0 aromatic heterocycles. The molecule has 0 fully saturated rings. The van der Waals surface area contributed by atoms with Crippen LogP contribution in [0, 0.1) is 23.0 Å². The third kappa shape index (κ3) is 4.22. The second-order valence-corrected chi connectivity index (χ2v) is 4.86. The van der Waals surface area contributed by atoms with E-state index in [0.29, 0.717) is 23.8 Å². The normalized spacial score (nSPS) is 12.2. The van der Waals surface area contributed by atoms with Gasteiger partial charge < -0.3 is 4.74 Å². The minimum atomic E-state index is -0.383. The summed E-state index contributed by atoms with van der Waals surface area (Å²) in [6.45, 7) is 4.45. The lowest BCUT2D eigenvalue weighted by molar-refractivity contribution is -0.385. The van der Waals surface area contributed by atoms with Crippen LogP contribution in [0.1, 0.15) is 25.3 Å². The Kier molecular flexibility index (Phi) is 5.98. The predicted molar refractivity (Wildman–Crippen MR) is 75.6 cm³/mol.